The molecule has 136 valence electrons. The molecule has 1 amide bonds. The molecule has 0 aliphatic carbocycles. The summed E-state index contributed by atoms with van der Waals surface area (Å²) in [6.07, 6.45) is 3.23. The van der Waals surface area contributed by atoms with E-state index in [-0.39, 0.29) is 5.91 Å². The van der Waals surface area contributed by atoms with E-state index >= 15 is 0 Å². The summed E-state index contributed by atoms with van der Waals surface area (Å²) in [5.74, 6) is 1.78. The molecule has 1 heterocycles. The number of methoxy groups -OCH3 is 2. The number of hydrogen-bond donors (Lipinski definition) is 2. The molecule has 0 fully saturated rings. The van der Waals surface area contributed by atoms with Gasteiger partial charge in [0.25, 0.3) is 0 Å². The lowest BCUT2D eigenvalue weighted by Gasteiger charge is -2.14. The predicted octanol–water partition coefficient (Wildman–Crippen LogP) is 2.32. The lowest BCUT2D eigenvalue weighted by Crippen LogP contribution is -2.36. The summed E-state index contributed by atoms with van der Waals surface area (Å²) in [5.41, 5.74) is 7.76. The van der Waals surface area contributed by atoms with Crippen LogP contribution in [0.4, 0.5) is 5.82 Å². The average Bonchev–Trinajstić information content (AvgIpc) is 2.95. The highest BCUT2D eigenvalue weighted by atomic mass is 16.5. The fraction of sp³-hybridized carbons (Fsp3) is 0.444. The number of aromatic nitrogens is 2. The highest BCUT2D eigenvalue weighted by molar-refractivity contribution is 5.94. The van der Waals surface area contributed by atoms with Gasteiger partial charge in [0.2, 0.25) is 5.91 Å². The van der Waals surface area contributed by atoms with Crippen molar-refractivity contribution >= 4 is 11.7 Å². The van der Waals surface area contributed by atoms with Crippen LogP contribution in [0.15, 0.2) is 24.4 Å². The highest BCUT2D eigenvalue weighted by Gasteiger charge is 2.17. The number of nitrogens with two attached hydrogens (primary N) is 1. The number of carbonyl (C=O) groups is 1. The number of aryl methyl sites for hydroxylation is 1. The molecule has 1 aromatic heterocycles. The Hall–Kier alpha value is -2.54. The van der Waals surface area contributed by atoms with E-state index in [0.29, 0.717) is 30.3 Å². The normalized spacial score (nSPS) is 11.9. The first-order valence-corrected chi connectivity index (χ1v) is 8.29. The van der Waals surface area contributed by atoms with Crippen LogP contribution in [0.1, 0.15) is 30.9 Å². The van der Waals surface area contributed by atoms with Crippen LogP contribution >= 0.6 is 0 Å². The number of nitrogens with zero attached hydrogens (tertiary/aromatic N) is 2. The fourth-order valence-electron chi connectivity index (χ4n) is 2.57. The van der Waals surface area contributed by atoms with Crippen LogP contribution in [0.25, 0.3) is 0 Å². The van der Waals surface area contributed by atoms with Crippen LogP contribution in [0.2, 0.25) is 0 Å². The van der Waals surface area contributed by atoms with E-state index in [1.54, 1.807) is 25.1 Å². The topological polar surface area (TPSA) is 91.4 Å². The third-order valence-electron chi connectivity index (χ3n) is 3.98. The van der Waals surface area contributed by atoms with Gasteiger partial charge >= 0.3 is 0 Å². The molecule has 1 unspecified atom stereocenters. The van der Waals surface area contributed by atoms with E-state index in [1.807, 2.05) is 32.0 Å². The number of rotatable bonds is 8. The van der Waals surface area contributed by atoms with Crippen molar-refractivity contribution in [2.24, 2.45) is 5.73 Å². The molecule has 1 aromatic carbocycles. The van der Waals surface area contributed by atoms with Gasteiger partial charge in [-0.2, -0.15) is 5.10 Å². The molecule has 2 aromatic rings. The van der Waals surface area contributed by atoms with Gasteiger partial charge in [-0.3, -0.25) is 4.79 Å². The molecule has 0 aliphatic rings. The van der Waals surface area contributed by atoms with Crippen LogP contribution in [0.5, 0.6) is 11.5 Å². The summed E-state index contributed by atoms with van der Waals surface area (Å²) >= 11 is 0. The lowest BCUT2D eigenvalue weighted by molar-refractivity contribution is -0.117. The smallest absolute Gasteiger partial charge is 0.242 e. The first kappa shape index (κ1) is 18.8. The van der Waals surface area contributed by atoms with E-state index in [1.165, 1.54) is 0 Å². The van der Waals surface area contributed by atoms with Gasteiger partial charge in [0, 0.05) is 5.56 Å². The van der Waals surface area contributed by atoms with Gasteiger partial charge < -0.3 is 20.5 Å². The summed E-state index contributed by atoms with van der Waals surface area (Å²) in [5, 5.41) is 7.25. The number of amides is 1. The Bertz CT molecular complexity index is 727. The van der Waals surface area contributed by atoms with Crippen LogP contribution < -0.4 is 20.5 Å². The molecule has 0 radical (unpaired) electrons. The molecule has 0 saturated heterocycles. The Labute approximate surface area is 148 Å². The molecule has 3 N–H and O–H groups in total. The zero-order valence-corrected chi connectivity index (χ0v) is 15.2. The molecule has 0 spiro atoms. The second kappa shape index (κ2) is 8.53. The minimum Gasteiger partial charge on any atom is -0.493 e. The van der Waals surface area contributed by atoms with E-state index in [9.17, 15) is 4.79 Å². The summed E-state index contributed by atoms with van der Waals surface area (Å²) in [6.45, 7) is 4.39. The Morgan fingerprint density at radius 2 is 2.04 bits per heavy atom. The molecular weight excluding hydrogens is 320 g/mol. The maximum atomic E-state index is 12.2. The van der Waals surface area contributed by atoms with Crippen LogP contribution in [0.3, 0.4) is 0 Å². The minimum absolute atomic E-state index is 0.195. The predicted molar refractivity (Wildman–Crippen MR) is 97.1 cm³/mol. The first-order chi connectivity index (χ1) is 12.0. The molecule has 0 saturated carbocycles. The van der Waals surface area contributed by atoms with E-state index < -0.39 is 6.04 Å². The van der Waals surface area contributed by atoms with Crippen molar-refractivity contribution in [2.45, 2.75) is 39.3 Å². The Kier molecular flexibility index (Phi) is 6.41. The maximum Gasteiger partial charge on any atom is 0.242 e. The standard InChI is InChI=1S/C18H26N4O3/c1-5-6-14(19)18(23)21-17-12(2)10-20-22(17)11-13-7-8-15(24-3)16(9-13)25-4/h7-10,14H,5-6,11,19H2,1-4H3,(H,21,23). The molecule has 0 aliphatic heterocycles. The molecule has 1 atom stereocenters. The van der Waals surface area contributed by atoms with Crippen molar-refractivity contribution in [3.05, 3.63) is 35.5 Å². The Balaban J connectivity index is 2.20. The quantitative estimate of drug-likeness (QED) is 0.765. The van der Waals surface area contributed by atoms with E-state index in [2.05, 4.69) is 10.4 Å². The zero-order valence-electron chi connectivity index (χ0n) is 15.2. The van der Waals surface area contributed by atoms with Crippen molar-refractivity contribution in [3.8, 4) is 11.5 Å². The fourth-order valence-corrected chi connectivity index (χ4v) is 2.57. The average molecular weight is 346 g/mol. The van der Waals surface area contributed by atoms with Gasteiger partial charge in [-0.1, -0.05) is 19.4 Å². The molecular formula is C18H26N4O3. The van der Waals surface area contributed by atoms with Gasteiger partial charge in [-0.05, 0) is 31.0 Å². The van der Waals surface area contributed by atoms with Crippen LogP contribution in [0, 0.1) is 6.92 Å². The third-order valence-corrected chi connectivity index (χ3v) is 3.98. The minimum atomic E-state index is -0.520. The van der Waals surface area contributed by atoms with Gasteiger partial charge in [-0.15, -0.1) is 0 Å². The van der Waals surface area contributed by atoms with Gasteiger partial charge in [0.15, 0.2) is 11.5 Å². The molecule has 0 bridgehead atoms. The van der Waals surface area contributed by atoms with Crippen LogP contribution in [-0.2, 0) is 11.3 Å². The SMILES string of the molecule is CCCC(N)C(=O)Nc1c(C)cnn1Cc1ccc(OC)c(OC)c1. The zero-order chi connectivity index (χ0) is 18.4. The van der Waals surface area contributed by atoms with Gasteiger partial charge in [0.05, 0.1) is 33.0 Å². The number of hydrogen-bond acceptors (Lipinski definition) is 5. The first-order valence-electron chi connectivity index (χ1n) is 8.29. The number of nitrogens with one attached hydrogen (secondary N) is 1. The van der Waals surface area contributed by atoms with Crippen molar-refractivity contribution in [2.75, 3.05) is 19.5 Å². The summed E-state index contributed by atoms with van der Waals surface area (Å²) in [6, 6.07) is 5.16. The second-order valence-electron chi connectivity index (χ2n) is 5.91. The molecule has 7 nitrogen and oxygen atoms in total. The molecule has 25 heavy (non-hydrogen) atoms. The summed E-state index contributed by atoms with van der Waals surface area (Å²) in [4.78, 5) is 12.2. The number of carbonyl (C=O) groups excluding carboxylic acids is 1. The Morgan fingerprint density at radius 3 is 2.68 bits per heavy atom. The molecule has 2 rings (SSSR count). The van der Waals surface area contributed by atoms with E-state index in [0.717, 1.165) is 17.5 Å². The maximum absolute atomic E-state index is 12.2. The van der Waals surface area contributed by atoms with Crippen molar-refractivity contribution in [3.63, 3.8) is 0 Å². The number of ether oxygens (including phenoxy) is 2. The third kappa shape index (κ3) is 4.51. The van der Waals surface area contributed by atoms with Crippen molar-refractivity contribution in [1.82, 2.24) is 9.78 Å². The van der Waals surface area contributed by atoms with E-state index in [4.69, 9.17) is 15.2 Å². The summed E-state index contributed by atoms with van der Waals surface area (Å²) < 4.78 is 12.3. The number of anilines is 1. The largest absolute Gasteiger partial charge is 0.493 e. The van der Waals surface area contributed by atoms with Crippen molar-refractivity contribution < 1.29 is 14.3 Å². The van der Waals surface area contributed by atoms with Gasteiger partial charge in [-0.25, -0.2) is 4.68 Å². The summed E-state index contributed by atoms with van der Waals surface area (Å²) in [7, 11) is 3.20. The monoisotopic (exact) mass is 346 g/mol. The van der Waals surface area contributed by atoms with Gasteiger partial charge in [0.1, 0.15) is 5.82 Å². The van der Waals surface area contributed by atoms with Crippen molar-refractivity contribution in [1.29, 1.82) is 0 Å². The number of benzene rings is 1. The lowest BCUT2D eigenvalue weighted by atomic mass is 10.1. The second-order valence-corrected chi connectivity index (χ2v) is 5.91. The highest BCUT2D eigenvalue weighted by Crippen LogP contribution is 2.28. The van der Waals surface area contributed by atoms with Crippen LogP contribution in [-0.4, -0.2) is 35.9 Å². The molecule has 7 heteroatoms. The Morgan fingerprint density at radius 1 is 1.32 bits per heavy atom.